The summed E-state index contributed by atoms with van der Waals surface area (Å²) in [7, 11) is 0. The summed E-state index contributed by atoms with van der Waals surface area (Å²) in [5.74, 6) is 1.17. The van der Waals surface area contributed by atoms with E-state index in [1.807, 2.05) is 6.92 Å². The van der Waals surface area contributed by atoms with E-state index in [0.29, 0.717) is 42.2 Å². The van der Waals surface area contributed by atoms with E-state index in [0.717, 1.165) is 32.7 Å². The first-order valence-electron chi connectivity index (χ1n) is 9.49. The zero-order valence-corrected chi connectivity index (χ0v) is 19.6. The van der Waals surface area contributed by atoms with Gasteiger partial charge in [0.2, 0.25) is 0 Å². The summed E-state index contributed by atoms with van der Waals surface area (Å²) in [5, 5.41) is 6.77. The number of hydrogen-bond donors (Lipinski definition) is 2. The molecule has 1 saturated heterocycles. The van der Waals surface area contributed by atoms with E-state index >= 15 is 0 Å². The standard InChI is InChI=1S/C19H28ClF2N3O3.HI/c1-2-23-19(24-7-3-8-26-12-14-6-9-27-13-14)25-11-15-10-16(20)4-5-17(15)28-18(21)22;/h4-5,10,14,18H,2-3,6-9,11-13H2,1H3,(H2,23,24,25);1H. The highest BCUT2D eigenvalue weighted by atomic mass is 127. The van der Waals surface area contributed by atoms with Gasteiger partial charge < -0.3 is 24.8 Å². The Hall–Kier alpha value is -0.910. The molecule has 0 aliphatic carbocycles. The first kappa shape index (κ1) is 26.1. The lowest BCUT2D eigenvalue weighted by molar-refractivity contribution is -0.0504. The number of halogens is 4. The largest absolute Gasteiger partial charge is 0.434 e. The number of aliphatic imine (C=N–C) groups is 1. The summed E-state index contributed by atoms with van der Waals surface area (Å²) in [6.45, 7) is 3.59. The minimum Gasteiger partial charge on any atom is -0.434 e. The van der Waals surface area contributed by atoms with Gasteiger partial charge in [0.15, 0.2) is 5.96 Å². The molecule has 0 amide bonds. The van der Waals surface area contributed by atoms with Crippen molar-refractivity contribution < 1.29 is 23.0 Å². The van der Waals surface area contributed by atoms with E-state index in [1.54, 1.807) is 6.07 Å². The molecule has 1 aliphatic rings. The van der Waals surface area contributed by atoms with Crippen molar-refractivity contribution in [3.8, 4) is 5.75 Å². The van der Waals surface area contributed by atoms with Gasteiger partial charge in [0.05, 0.1) is 19.8 Å². The van der Waals surface area contributed by atoms with Crippen molar-refractivity contribution in [1.82, 2.24) is 10.6 Å². The van der Waals surface area contributed by atoms with Gasteiger partial charge in [0, 0.05) is 42.8 Å². The Morgan fingerprint density at radius 3 is 2.90 bits per heavy atom. The lowest BCUT2D eigenvalue weighted by atomic mass is 10.1. The second-order valence-corrected chi connectivity index (χ2v) is 6.85. The van der Waals surface area contributed by atoms with Crippen LogP contribution < -0.4 is 15.4 Å². The third-order valence-electron chi connectivity index (χ3n) is 4.13. The maximum atomic E-state index is 12.6. The zero-order valence-electron chi connectivity index (χ0n) is 16.5. The summed E-state index contributed by atoms with van der Waals surface area (Å²) >= 11 is 5.96. The Bertz CT molecular complexity index is 620. The molecule has 1 aliphatic heterocycles. The van der Waals surface area contributed by atoms with E-state index in [2.05, 4.69) is 20.4 Å². The van der Waals surface area contributed by atoms with Crippen LogP contribution in [0.3, 0.4) is 0 Å². The smallest absolute Gasteiger partial charge is 0.387 e. The first-order valence-corrected chi connectivity index (χ1v) is 9.87. The average molecular weight is 548 g/mol. The van der Waals surface area contributed by atoms with Crippen LogP contribution in [-0.2, 0) is 16.0 Å². The van der Waals surface area contributed by atoms with E-state index in [9.17, 15) is 8.78 Å². The van der Waals surface area contributed by atoms with Gasteiger partial charge in [-0.15, -0.1) is 24.0 Å². The average Bonchev–Trinajstić information content (AvgIpc) is 3.17. The van der Waals surface area contributed by atoms with Crippen LogP contribution in [0.5, 0.6) is 5.75 Å². The Kier molecular flexibility index (Phi) is 13.5. The second-order valence-electron chi connectivity index (χ2n) is 6.41. The van der Waals surface area contributed by atoms with Crippen molar-refractivity contribution in [2.45, 2.75) is 32.9 Å². The molecule has 1 fully saturated rings. The van der Waals surface area contributed by atoms with Gasteiger partial charge in [-0.05, 0) is 38.0 Å². The molecule has 10 heteroatoms. The Morgan fingerprint density at radius 1 is 1.38 bits per heavy atom. The molecule has 0 radical (unpaired) electrons. The predicted molar refractivity (Wildman–Crippen MR) is 121 cm³/mol. The van der Waals surface area contributed by atoms with Gasteiger partial charge in [0.1, 0.15) is 5.75 Å². The molecule has 0 saturated carbocycles. The molecular weight excluding hydrogens is 519 g/mol. The molecule has 1 aromatic rings. The van der Waals surface area contributed by atoms with Gasteiger partial charge in [-0.1, -0.05) is 11.6 Å². The zero-order chi connectivity index (χ0) is 20.2. The van der Waals surface area contributed by atoms with Gasteiger partial charge in [0.25, 0.3) is 0 Å². The molecule has 2 rings (SSSR count). The summed E-state index contributed by atoms with van der Waals surface area (Å²) in [5.41, 5.74) is 0.493. The third kappa shape index (κ3) is 10.6. The number of nitrogens with one attached hydrogen (secondary N) is 2. The summed E-state index contributed by atoms with van der Waals surface area (Å²) in [6, 6.07) is 4.51. The Morgan fingerprint density at radius 2 is 2.21 bits per heavy atom. The van der Waals surface area contributed by atoms with Crippen molar-refractivity contribution in [3.63, 3.8) is 0 Å². The molecule has 0 aromatic heterocycles. The molecular formula is C19H29ClF2IN3O3. The van der Waals surface area contributed by atoms with E-state index in [-0.39, 0.29) is 36.3 Å². The van der Waals surface area contributed by atoms with E-state index in [1.165, 1.54) is 12.1 Å². The highest BCUT2D eigenvalue weighted by Gasteiger charge is 2.15. The molecule has 1 unspecified atom stereocenters. The van der Waals surface area contributed by atoms with Crippen LogP contribution in [0.1, 0.15) is 25.3 Å². The van der Waals surface area contributed by atoms with Gasteiger partial charge in [-0.25, -0.2) is 4.99 Å². The quantitative estimate of drug-likeness (QED) is 0.189. The van der Waals surface area contributed by atoms with Crippen LogP contribution in [0.25, 0.3) is 0 Å². The molecule has 0 bridgehead atoms. The van der Waals surface area contributed by atoms with Crippen molar-refractivity contribution in [2.24, 2.45) is 10.9 Å². The Balaban J connectivity index is 0.00000420. The SMILES string of the molecule is CCNC(=NCc1cc(Cl)ccc1OC(F)F)NCCCOCC1CCOC1.I. The minimum absolute atomic E-state index is 0. The van der Waals surface area contributed by atoms with Crippen molar-refractivity contribution in [2.75, 3.05) is 39.5 Å². The molecule has 1 aromatic carbocycles. The molecule has 1 heterocycles. The number of hydrogen-bond acceptors (Lipinski definition) is 4. The maximum absolute atomic E-state index is 12.6. The minimum atomic E-state index is -2.90. The summed E-state index contributed by atoms with van der Waals surface area (Å²) in [4.78, 5) is 4.43. The van der Waals surface area contributed by atoms with Crippen molar-refractivity contribution in [3.05, 3.63) is 28.8 Å². The van der Waals surface area contributed by atoms with Crippen LogP contribution in [0.15, 0.2) is 23.2 Å². The summed E-state index contributed by atoms with van der Waals surface area (Å²) < 4.78 is 40.6. The van der Waals surface area contributed by atoms with Crippen LogP contribution in [0, 0.1) is 5.92 Å². The summed E-state index contributed by atoms with van der Waals surface area (Å²) in [6.07, 6.45) is 1.89. The van der Waals surface area contributed by atoms with Crippen LogP contribution >= 0.6 is 35.6 Å². The van der Waals surface area contributed by atoms with Crippen molar-refractivity contribution >= 4 is 41.5 Å². The highest BCUT2D eigenvalue weighted by Crippen LogP contribution is 2.25. The highest BCUT2D eigenvalue weighted by molar-refractivity contribution is 14.0. The molecule has 1 atom stereocenters. The molecule has 6 nitrogen and oxygen atoms in total. The second kappa shape index (κ2) is 15.0. The van der Waals surface area contributed by atoms with Gasteiger partial charge in [-0.2, -0.15) is 8.78 Å². The van der Waals surface area contributed by atoms with E-state index < -0.39 is 6.61 Å². The number of ether oxygens (including phenoxy) is 3. The molecule has 29 heavy (non-hydrogen) atoms. The van der Waals surface area contributed by atoms with Gasteiger partial charge >= 0.3 is 6.61 Å². The fraction of sp³-hybridized carbons (Fsp3) is 0.632. The molecule has 0 spiro atoms. The first-order chi connectivity index (χ1) is 13.6. The Labute approximate surface area is 192 Å². The van der Waals surface area contributed by atoms with Crippen molar-refractivity contribution in [1.29, 1.82) is 0 Å². The topological polar surface area (TPSA) is 64.1 Å². The van der Waals surface area contributed by atoms with Crippen LogP contribution in [-0.4, -0.2) is 52.1 Å². The number of alkyl halides is 2. The fourth-order valence-corrected chi connectivity index (χ4v) is 2.93. The normalized spacial score (nSPS) is 16.6. The lowest BCUT2D eigenvalue weighted by Gasteiger charge is -2.13. The van der Waals surface area contributed by atoms with E-state index in [4.69, 9.17) is 21.1 Å². The van der Waals surface area contributed by atoms with Crippen LogP contribution in [0.4, 0.5) is 8.78 Å². The lowest BCUT2D eigenvalue weighted by Crippen LogP contribution is -2.38. The number of benzene rings is 1. The number of guanidine groups is 1. The fourth-order valence-electron chi connectivity index (χ4n) is 2.73. The predicted octanol–water partition coefficient (Wildman–Crippen LogP) is 4.06. The molecule has 166 valence electrons. The number of rotatable bonds is 11. The maximum Gasteiger partial charge on any atom is 0.387 e. The number of nitrogens with zero attached hydrogens (tertiary/aromatic N) is 1. The van der Waals surface area contributed by atoms with Crippen LogP contribution in [0.2, 0.25) is 5.02 Å². The van der Waals surface area contributed by atoms with Gasteiger partial charge in [-0.3, -0.25) is 0 Å². The molecule has 2 N–H and O–H groups in total. The third-order valence-corrected chi connectivity index (χ3v) is 4.36. The monoisotopic (exact) mass is 547 g/mol.